The van der Waals surface area contributed by atoms with Gasteiger partial charge >= 0.3 is 5.97 Å². The first-order valence-electron chi connectivity index (χ1n) is 8.83. The lowest BCUT2D eigenvalue weighted by molar-refractivity contribution is -0.384. The largest absolute Gasteiger partial charge is 0.464 e. The highest BCUT2D eigenvalue weighted by Crippen LogP contribution is 2.37. The lowest BCUT2D eigenvalue weighted by Crippen LogP contribution is -2.33. The number of esters is 1. The van der Waals surface area contributed by atoms with E-state index in [1.54, 1.807) is 6.07 Å². The maximum atomic E-state index is 14.8. The minimum atomic E-state index is -1.23. The molecule has 0 saturated heterocycles. The number of halogens is 1. The number of fused-ring (bicyclic) bond motifs is 1. The van der Waals surface area contributed by atoms with Crippen LogP contribution in [-0.2, 0) is 9.53 Å². The molecule has 0 fully saturated rings. The fourth-order valence-electron chi connectivity index (χ4n) is 3.29. The third kappa shape index (κ3) is 3.39. The van der Waals surface area contributed by atoms with Crippen LogP contribution in [0, 0.1) is 15.9 Å². The van der Waals surface area contributed by atoms with Crippen LogP contribution in [0.1, 0.15) is 22.0 Å². The van der Waals surface area contributed by atoms with E-state index in [4.69, 9.17) is 4.74 Å². The van der Waals surface area contributed by atoms with E-state index in [1.807, 2.05) is 0 Å². The number of nitro benzene ring substituents is 1. The Bertz CT molecular complexity index is 1250. The number of tetrazole rings is 1. The molecule has 0 unspecified atom stereocenters. The van der Waals surface area contributed by atoms with Gasteiger partial charge in [-0.1, -0.05) is 35.4 Å². The molecule has 2 heterocycles. The van der Waals surface area contributed by atoms with Crippen molar-refractivity contribution in [3.8, 4) is 0 Å². The van der Waals surface area contributed by atoms with Crippen LogP contribution < -0.4 is 5.32 Å². The number of aromatic nitrogens is 4. The summed E-state index contributed by atoms with van der Waals surface area (Å²) in [7, 11) is 1.11. The molecule has 12 heteroatoms. The molecule has 1 atom stereocenters. The van der Waals surface area contributed by atoms with Crippen molar-refractivity contribution >= 4 is 23.4 Å². The van der Waals surface area contributed by atoms with Gasteiger partial charge in [0.05, 0.1) is 17.6 Å². The van der Waals surface area contributed by atoms with Crippen LogP contribution in [0.3, 0.4) is 0 Å². The molecule has 11 nitrogen and oxygen atoms in total. The molecule has 1 aliphatic rings. The maximum absolute atomic E-state index is 14.8. The zero-order valence-electron chi connectivity index (χ0n) is 15.9. The average Bonchev–Trinajstić information content (AvgIpc) is 3.26. The Kier molecular flexibility index (Phi) is 4.95. The molecule has 0 amide bonds. The van der Waals surface area contributed by atoms with E-state index in [0.29, 0.717) is 0 Å². The van der Waals surface area contributed by atoms with Crippen LogP contribution in [0.4, 0.5) is 16.0 Å². The molecule has 1 aliphatic heterocycles. The molecular weight excluding hydrogens is 411 g/mol. The molecule has 1 N–H and O–H groups in total. The summed E-state index contributed by atoms with van der Waals surface area (Å²) < 4.78 is 20.7. The summed E-state index contributed by atoms with van der Waals surface area (Å²) in [5.74, 6) is -2.34. The Morgan fingerprint density at radius 3 is 2.71 bits per heavy atom. The monoisotopic (exact) mass is 424 g/mol. The molecule has 0 radical (unpaired) electrons. The number of ether oxygens (including phenoxy) is 1. The highest BCUT2D eigenvalue weighted by Gasteiger charge is 2.39. The number of nitro groups is 1. The summed E-state index contributed by atoms with van der Waals surface area (Å²) in [5.41, 5.74) is -0.898. The Labute approximate surface area is 173 Å². The highest BCUT2D eigenvalue weighted by atomic mass is 19.1. The van der Waals surface area contributed by atoms with Crippen molar-refractivity contribution in [2.75, 3.05) is 12.4 Å². The summed E-state index contributed by atoms with van der Waals surface area (Å²) in [4.78, 5) is 36.5. The van der Waals surface area contributed by atoms with Gasteiger partial charge in [-0.3, -0.25) is 14.9 Å². The first-order chi connectivity index (χ1) is 14.9. The van der Waals surface area contributed by atoms with Gasteiger partial charge < -0.3 is 10.1 Å². The standard InChI is InChI=1S/C19H13FN6O5/c1-31-18(28)15-14(17(27)10-5-4-6-11(9-10)26(29)30)16(12-7-2-3-8-13(12)20)25-19(21-15)22-23-24-25/h2-9,16H,1H3,(H,21,22,24)/t16-/m0/s1. The van der Waals surface area contributed by atoms with Crippen molar-refractivity contribution < 1.29 is 23.6 Å². The van der Waals surface area contributed by atoms with Gasteiger partial charge in [-0.15, -0.1) is 0 Å². The number of anilines is 1. The van der Waals surface area contributed by atoms with Gasteiger partial charge in [0.15, 0.2) is 5.78 Å². The second kappa shape index (κ2) is 7.74. The Hall–Kier alpha value is -4.48. The van der Waals surface area contributed by atoms with Crippen molar-refractivity contribution in [3.63, 3.8) is 0 Å². The zero-order chi connectivity index (χ0) is 22.1. The van der Waals surface area contributed by atoms with Crippen molar-refractivity contribution in [1.29, 1.82) is 0 Å². The van der Waals surface area contributed by atoms with E-state index < -0.39 is 28.5 Å². The molecule has 3 aromatic rings. The number of methoxy groups -OCH3 is 1. The van der Waals surface area contributed by atoms with Crippen LogP contribution in [0.2, 0.25) is 0 Å². The number of Topliss-reactive ketones (excluding diaryl/α,β-unsaturated/α-hetero) is 1. The van der Waals surface area contributed by atoms with Crippen molar-refractivity contribution in [2.24, 2.45) is 0 Å². The molecule has 0 saturated carbocycles. The van der Waals surface area contributed by atoms with Crippen LogP contribution in [-0.4, -0.2) is 44.0 Å². The molecule has 0 bridgehead atoms. The van der Waals surface area contributed by atoms with E-state index >= 15 is 0 Å². The van der Waals surface area contributed by atoms with Crippen LogP contribution >= 0.6 is 0 Å². The van der Waals surface area contributed by atoms with E-state index in [1.165, 1.54) is 36.4 Å². The summed E-state index contributed by atoms with van der Waals surface area (Å²) in [5, 5.41) is 24.9. The average molecular weight is 424 g/mol. The Balaban J connectivity index is 1.97. The molecular formula is C19H13FN6O5. The van der Waals surface area contributed by atoms with E-state index in [9.17, 15) is 24.1 Å². The first-order valence-corrected chi connectivity index (χ1v) is 8.83. The molecule has 1 aromatic heterocycles. The quantitative estimate of drug-likeness (QED) is 0.282. The second-order valence-electron chi connectivity index (χ2n) is 6.41. The van der Waals surface area contributed by atoms with E-state index in [0.717, 1.165) is 17.9 Å². The van der Waals surface area contributed by atoms with Gasteiger partial charge in [0.25, 0.3) is 5.69 Å². The maximum Gasteiger partial charge on any atom is 0.355 e. The number of hydrogen-bond donors (Lipinski definition) is 1. The van der Waals surface area contributed by atoms with Crippen LogP contribution in [0.25, 0.3) is 0 Å². The number of benzene rings is 2. The first kappa shape index (κ1) is 19.8. The fraction of sp³-hybridized carbons (Fsp3) is 0.105. The van der Waals surface area contributed by atoms with Crippen molar-refractivity contribution in [1.82, 2.24) is 20.2 Å². The molecule has 156 valence electrons. The van der Waals surface area contributed by atoms with Gasteiger partial charge in [0.2, 0.25) is 5.95 Å². The summed E-state index contributed by atoms with van der Waals surface area (Å²) in [6, 6.07) is 9.38. The number of non-ortho nitro benzene ring substituents is 1. The fourth-order valence-corrected chi connectivity index (χ4v) is 3.29. The van der Waals surface area contributed by atoms with Gasteiger partial charge in [-0.2, -0.15) is 4.68 Å². The molecule has 2 aromatic carbocycles. The minimum Gasteiger partial charge on any atom is -0.464 e. The number of carbonyl (C=O) groups is 2. The summed E-state index contributed by atoms with van der Waals surface area (Å²) in [6.45, 7) is 0. The number of nitrogens with one attached hydrogen (secondary N) is 1. The highest BCUT2D eigenvalue weighted by molar-refractivity contribution is 6.15. The molecule has 4 rings (SSSR count). The SMILES string of the molecule is COC(=O)C1=C(C(=O)c2cccc([N+](=O)[O-])c2)[C@H](c2ccccc2F)n2nnnc2N1. The topological polar surface area (TPSA) is 142 Å². The number of ketones is 1. The van der Waals surface area contributed by atoms with Gasteiger partial charge in [-0.05, 0) is 16.5 Å². The normalized spacial score (nSPS) is 15.1. The predicted molar refractivity (Wildman–Crippen MR) is 102 cm³/mol. The van der Waals surface area contributed by atoms with Crippen LogP contribution in [0.15, 0.2) is 59.8 Å². The summed E-state index contributed by atoms with van der Waals surface area (Å²) in [6.07, 6.45) is 0. The molecule has 31 heavy (non-hydrogen) atoms. The number of rotatable bonds is 5. The van der Waals surface area contributed by atoms with E-state index in [-0.39, 0.29) is 34.0 Å². The Morgan fingerprint density at radius 2 is 2.00 bits per heavy atom. The smallest absolute Gasteiger partial charge is 0.355 e. The second-order valence-corrected chi connectivity index (χ2v) is 6.41. The molecule has 0 aliphatic carbocycles. The third-order valence-corrected chi connectivity index (χ3v) is 4.67. The van der Waals surface area contributed by atoms with E-state index in [2.05, 4.69) is 20.8 Å². The van der Waals surface area contributed by atoms with Crippen molar-refractivity contribution in [2.45, 2.75) is 6.04 Å². The number of nitrogens with zero attached hydrogens (tertiary/aromatic N) is 5. The summed E-state index contributed by atoms with van der Waals surface area (Å²) >= 11 is 0. The number of allylic oxidation sites excluding steroid dienone is 1. The Morgan fingerprint density at radius 1 is 1.23 bits per heavy atom. The predicted octanol–water partition coefficient (Wildman–Crippen LogP) is 2.05. The van der Waals surface area contributed by atoms with Gasteiger partial charge in [-0.25, -0.2) is 9.18 Å². The third-order valence-electron chi connectivity index (χ3n) is 4.67. The lowest BCUT2D eigenvalue weighted by Gasteiger charge is -2.28. The van der Waals surface area contributed by atoms with Gasteiger partial charge in [0, 0.05) is 23.3 Å². The molecule has 0 spiro atoms. The zero-order valence-corrected chi connectivity index (χ0v) is 15.9. The number of carbonyl (C=O) groups excluding carboxylic acids is 2. The van der Waals surface area contributed by atoms with Crippen molar-refractivity contribution in [3.05, 3.63) is 86.9 Å². The minimum absolute atomic E-state index is 0.00996. The van der Waals surface area contributed by atoms with Crippen LogP contribution in [0.5, 0.6) is 0 Å². The van der Waals surface area contributed by atoms with Gasteiger partial charge in [0.1, 0.15) is 17.6 Å². The number of hydrogen-bond acceptors (Lipinski definition) is 9. The lowest BCUT2D eigenvalue weighted by atomic mass is 9.89.